The largest absolute Gasteiger partial charge is 0.398 e. The van der Waals surface area contributed by atoms with Crippen LogP contribution in [0.2, 0.25) is 0 Å². The van der Waals surface area contributed by atoms with Crippen LogP contribution in [-0.2, 0) is 4.79 Å². The summed E-state index contributed by atoms with van der Waals surface area (Å²) >= 11 is 3.28. The highest BCUT2D eigenvalue weighted by Crippen LogP contribution is 2.26. The van der Waals surface area contributed by atoms with Crippen LogP contribution in [0.25, 0.3) is 0 Å². The van der Waals surface area contributed by atoms with Crippen LogP contribution in [0.1, 0.15) is 6.42 Å². The summed E-state index contributed by atoms with van der Waals surface area (Å²) in [4.78, 5) is 24.0. The maximum Gasteiger partial charge on any atom is 0.328 e. The Morgan fingerprint density at radius 3 is 2.75 bits per heavy atom. The number of nitrogens with zero attached hydrogens (tertiary/aromatic N) is 1. The molecule has 1 saturated heterocycles. The van der Waals surface area contributed by atoms with E-state index in [0.717, 1.165) is 4.47 Å². The Morgan fingerprint density at radius 1 is 1.38 bits per heavy atom. The molecule has 0 saturated carbocycles. The minimum absolute atomic E-state index is 0.244. The summed E-state index contributed by atoms with van der Waals surface area (Å²) in [6.07, 6.45) is 0.307. The van der Waals surface area contributed by atoms with Gasteiger partial charge in [0.05, 0.1) is 0 Å². The van der Waals surface area contributed by atoms with Gasteiger partial charge in [-0.25, -0.2) is 4.79 Å². The van der Waals surface area contributed by atoms with Gasteiger partial charge in [0.25, 0.3) is 0 Å². The lowest BCUT2D eigenvalue weighted by molar-refractivity contribution is -0.120. The van der Waals surface area contributed by atoms with E-state index in [1.165, 1.54) is 4.90 Å². The van der Waals surface area contributed by atoms with Gasteiger partial charge >= 0.3 is 6.03 Å². The number of imide groups is 1. The average molecular weight is 284 g/mol. The van der Waals surface area contributed by atoms with E-state index in [1.807, 2.05) is 0 Å². The molecule has 84 valence electrons. The molecule has 0 unspecified atom stereocenters. The van der Waals surface area contributed by atoms with Crippen molar-refractivity contribution in [1.82, 2.24) is 5.32 Å². The summed E-state index contributed by atoms with van der Waals surface area (Å²) in [5.74, 6) is -0.244. The van der Waals surface area contributed by atoms with Crippen LogP contribution < -0.4 is 16.0 Å². The van der Waals surface area contributed by atoms with Gasteiger partial charge in [-0.15, -0.1) is 0 Å². The van der Waals surface area contributed by atoms with Gasteiger partial charge in [-0.05, 0) is 34.1 Å². The molecule has 1 aliphatic heterocycles. The smallest absolute Gasteiger partial charge is 0.328 e. The van der Waals surface area contributed by atoms with Crippen LogP contribution in [0.4, 0.5) is 16.2 Å². The molecule has 0 aliphatic carbocycles. The molecule has 6 heteroatoms. The van der Waals surface area contributed by atoms with Crippen molar-refractivity contribution in [3.05, 3.63) is 22.7 Å². The molecule has 3 amide bonds. The normalized spacial score (nSPS) is 16.2. The van der Waals surface area contributed by atoms with E-state index in [0.29, 0.717) is 24.3 Å². The van der Waals surface area contributed by atoms with Crippen molar-refractivity contribution in [1.29, 1.82) is 0 Å². The number of halogens is 1. The highest BCUT2D eigenvalue weighted by Gasteiger charge is 2.24. The van der Waals surface area contributed by atoms with Gasteiger partial charge < -0.3 is 5.73 Å². The zero-order valence-electron chi connectivity index (χ0n) is 8.37. The fourth-order valence-electron chi connectivity index (χ4n) is 1.51. The molecule has 1 aromatic rings. The number of amides is 3. The molecule has 1 aromatic carbocycles. The third-order valence-electron chi connectivity index (χ3n) is 2.35. The van der Waals surface area contributed by atoms with Crippen molar-refractivity contribution >= 4 is 39.2 Å². The molecule has 0 spiro atoms. The summed E-state index contributed by atoms with van der Waals surface area (Å²) < 4.78 is 0.782. The number of benzene rings is 1. The number of hydrogen-bond acceptors (Lipinski definition) is 3. The number of urea groups is 1. The molecule has 0 aromatic heterocycles. The molecule has 0 radical (unpaired) electrons. The Balaban J connectivity index is 2.27. The zero-order valence-corrected chi connectivity index (χ0v) is 9.95. The van der Waals surface area contributed by atoms with E-state index in [9.17, 15) is 9.59 Å². The van der Waals surface area contributed by atoms with Crippen molar-refractivity contribution < 1.29 is 9.59 Å². The first-order valence-corrected chi connectivity index (χ1v) is 5.53. The first kappa shape index (κ1) is 10.9. The van der Waals surface area contributed by atoms with Crippen molar-refractivity contribution in [2.45, 2.75) is 6.42 Å². The van der Waals surface area contributed by atoms with Crippen LogP contribution in [0, 0.1) is 0 Å². The van der Waals surface area contributed by atoms with E-state index in [1.54, 1.807) is 18.2 Å². The first-order valence-electron chi connectivity index (χ1n) is 4.74. The number of carbonyl (C=O) groups excluding carboxylic acids is 2. The third-order valence-corrected chi connectivity index (χ3v) is 3.07. The predicted octanol–water partition coefficient (Wildman–Crippen LogP) is 1.48. The van der Waals surface area contributed by atoms with Crippen LogP contribution in [0.15, 0.2) is 22.7 Å². The second-order valence-corrected chi connectivity index (χ2v) is 4.32. The number of nitrogens with two attached hydrogens (primary N) is 1. The third kappa shape index (κ3) is 2.01. The van der Waals surface area contributed by atoms with Gasteiger partial charge in [-0.3, -0.25) is 15.0 Å². The highest BCUT2D eigenvalue weighted by atomic mass is 79.9. The molecule has 16 heavy (non-hydrogen) atoms. The lowest BCUT2D eigenvalue weighted by Crippen LogP contribution is -2.49. The molecule has 0 atom stereocenters. The minimum atomic E-state index is -0.405. The highest BCUT2D eigenvalue weighted by molar-refractivity contribution is 9.10. The van der Waals surface area contributed by atoms with Crippen LogP contribution in [0.3, 0.4) is 0 Å². The van der Waals surface area contributed by atoms with Gasteiger partial charge in [-0.2, -0.15) is 0 Å². The van der Waals surface area contributed by atoms with E-state index in [4.69, 9.17) is 5.73 Å². The molecule has 5 nitrogen and oxygen atoms in total. The summed E-state index contributed by atoms with van der Waals surface area (Å²) in [6.45, 7) is 0.381. The molecule has 1 heterocycles. The van der Waals surface area contributed by atoms with Crippen molar-refractivity contribution in [3.63, 3.8) is 0 Å². The van der Waals surface area contributed by atoms with Gasteiger partial charge in [0.1, 0.15) is 0 Å². The van der Waals surface area contributed by atoms with Crippen LogP contribution >= 0.6 is 15.9 Å². The summed E-state index contributed by atoms with van der Waals surface area (Å²) in [7, 11) is 0. The maximum atomic E-state index is 11.5. The van der Waals surface area contributed by atoms with Gasteiger partial charge in [-0.1, -0.05) is 0 Å². The Morgan fingerprint density at radius 2 is 2.12 bits per heavy atom. The Labute approximate surface area is 101 Å². The molecule has 2 rings (SSSR count). The van der Waals surface area contributed by atoms with Crippen molar-refractivity contribution in [3.8, 4) is 0 Å². The summed E-state index contributed by atoms with van der Waals surface area (Å²) in [6, 6.07) is 4.84. The van der Waals surface area contributed by atoms with Crippen LogP contribution in [-0.4, -0.2) is 18.5 Å². The number of nitrogen functional groups attached to an aromatic ring is 1. The van der Waals surface area contributed by atoms with E-state index >= 15 is 0 Å². The lowest BCUT2D eigenvalue weighted by Gasteiger charge is -2.26. The Hall–Kier alpha value is -1.56. The monoisotopic (exact) mass is 283 g/mol. The number of nitrogens with one attached hydrogen (secondary N) is 1. The van der Waals surface area contributed by atoms with E-state index in [2.05, 4.69) is 21.2 Å². The molecule has 1 aliphatic rings. The van der Waals surface area contributed by atoms with E-state index < -0.39 is 6.03 Å². The SMILES string of the molecule is Nc1cc(N2CCC(=O)NC2=O)ccc1Br. The Bertz CT molecular complexity index is 461. The number of hydrogen-bond donors (Lipinski definition) is 2. The summed E-state index contributed by atoms with van der Waals surface area (Å²) in [5, 5.41) is 2.26. The fraction of sp³-hybridized carbons (Fsp3) is 0.200. The molecule has 1 fully saturated rings. The van der Waals surface area contributed by atoms with Gasteiger partial charge in [0.15, 0.2) is 0 Å². The van der Waals surface area contributed by atoms with E-state index in [-0.39, 0.29) is 5.91 Å². The van der Waals surface area contributed by atoms with Crippen molar-refractivity contribution in [2.75, 3.05) is 17.2 Å². The average Bonchev–Trinajstić information content (AvgIpc) is 2.22. The number of carbonyl (C=O) groups is 2. The van der Waals surface area contributed by atoms with Crippen LogP contribution in [0.5, 0.6) is 0 Å². The first-order chi connectivity index (χ1) is 7.58. The minimum Gasteiger partial charge on any atom is -0.398 e. The second-order valence-electron chi connectivity index (χ2n) is 3.46. The quantitative estimate of drug-likeness (QED) is 0.767. The fourth-order valence-corrected chi connectivity index (χ4v) is 1.76. The predicted molar refractivity (Wildman–Crippen MR) is 64.1 cm³/mol. The standard InChI is InChI=1S/C10H10BrN3O2/c11-7-2-1-6(5-8(7)12)14-4-3-9(15)13-10(14)16/h1-2,5H,3-4,12H2,(H,13,15,16). The molecule has 3 N–H and O–H groups in total. The maximum absolute atomic E-state index is 11.5. The van der Waals surface area contributed by atoms with Crippen molar-refractivity contribution in [2.24, 2.45) is 0 Å². The lowest BCUT2D eigenvalue weighted by atomic mass is 10.2. The summed E-state index contributed by atoms with van der Waals surface area (Å²) in [5.41, 5.74) is 6.97. The van der Waals surface area contributed by atoms with Gasteiger partial charge in [0, 0.05) is 28.8 Å². The second kappa shape index (κ2) is 4.13. The number of anilines is 2. The molecular weight excluding hydrogens is 274 g/mol. The number of rotatable bonds is 1. The zero-order chi connectivity index (χ0) is 11.7. The Kier molecular flexibility index (Phi) is 2.82. The molecule has 0 bridgehead atoms. The topological polar surface area (TPSA) is 75.4 Å². The molecular formula is C10H10BrN3O2. The van der Waals surface area contributed by atoms with Gasteiger partial charge in [0.2, 0.25) is 5.91 Å².